The summed E-state index contributed by atoms with van der Waals surface area (Å²) in [5.74, 6) is 0.302. The van der Waals surface area contributed by atoms with Gasteiger partial charge in [-0.3, -0.25) is 14.6 Å². The fraction of sp³-hybridized carbons (Fsp3) is 0.632. The number of rotatable bonds is 4. The zero-order valence-electron chi connectivity index (χ0n) is 15.1. The third-order valence-electron chi connectivity index (χ3n) is 5.82. The van der Waals surface area contributed by atoms with Crippen molar-refractivity contribution >= 4 is 29.1 Å². The molecule has 2 aliphatic heterocycles. The Bertz CT molecular complexity index is 631. The molecule has 25 heavy (non-hydrogen) atoms. The van der Waals surface area contributed by atoms with Crippen molar-refractivity contribution in [3.8, 4) is 0 Å². The van der Waals surface area contributed by atoms with Crippen LogP contribution < -0.4 is 0 Å². The largest absolute Gasteiger partial charge is 0.339 e. The summed E-state index contributed by atoms with van der Waals surface area (Å²) in [7, 11) is 2.07. The Hall–Kier alpha value is -0.810. The molecule has 0 aromatic heterocycles. The van der Waals surface area contributed by atoms with Crippen LogP contribution in [0.5, 0.6) is 0 Å². The number of carbonyl (C=O) groups excluding carboxylic acids is 1. The second kappa shape index (κ2) is 7.83. The van der Waals surface area contributed by atoms with Crippen molar-refractivity contribution in [1.29, 1.82) is 0 Å². The highest BCUT2D eigenvalue weighted by atomic mass is 35.5. The number of hydrogen-bond acceptors (Lipinski definition) is 3. The topological polar surface area (TPSA) is 26.8 Å². The van der Waals surface area contributed by atoms with Crippen LogP contribution >= 0.6 is 23.2 Å². The van der Waals surface area contributed by atoms with E-state index in [1.165, 1.54) is 5.56 Å². The highest BCUT2D eigenvalue weighted by Crippen LogP contribution is 2.29. The Labute approximate surface area is 160 Å². The van der Waals surface area contributed by atoms with E-state index in [0.29, 0.717) is 16.0 Å². The van der Waals surface area contributed by atoms with Crippen molar-refractivity contribution in [2.45, 2.75) is 31.7 Å². The lowest BCUT2D eigenvalue weighted by Gasteiger charge is -2.40. The summed E-state index contributed by atoms with van der Waals surface area (Å²) in [6, 6.07) is 5.83. The molecular weight excluding hydrogens is 357 g/mol. The van der Waals surface area contributed by atoms with E-state index in [1.807, 2.05) is 18.2 Å². The molecule has 2 heterocycles. The van der Waals surface area contributed by atoms with Gasteiger partial charge in [-0.1, -0.05) is 29.3 Å². The summed E-state index contributed by atoms with van der Waals surface area (Å²) in [6.07, 6.45) is 3.04. The Balaban J connectivity index is 1.48. The summed E-state index contributed by atoms with van der Waals surface area (Å²) in [5.41, 5.74) is 0.899. The second-order valence-corrected chi connectivity index (χ2v) is 8.25. The molecule has 6 heteroatoms. The minimum absolute atomic E-state index is 0.302. The predicted molar refractivity (Wildman–Crippen MR) is 103 cm³/mol. The van der Waals surface area contributed by atoms with E-state index in [0.717, 1.165) is 58.5 Å². The van der Waals surface area contributed by atoms with E-state index in [-0.39, 0.29) is 5.54 Å². The average molecular weight is 384 g/mol. The molecule has 1 aromatic rings. The number of hydrogen-bond donors (Lipinski definition) is 0. The van der Waals surface area contributed by atoms with Crippen LogP contribution in [0.2, 0.25) is 10.0 Å². The van der Waals surface area contributed by atoms with Gasteiger partial charge in [0.15, 0.2) is 0 Å². The van der Waals surface area contributed by atoms with Crippen LogP contribution in [0.4, 0.5) is 0 Å². The lowest BCUT2D eigenvalue weighted by Crippen LogP contribution is -2.58. The van der Waals surface area contributed by atoms with Gasteiger partial charge in [0, 0.05) is 32.7 Å². The zero-order chi connectivity index (χ0) is 18.0. The molecule has 138 valence electrons. The van der Waals surface area contributed by atoms with Crippen molar-refractivity contribution in [3.63, 3.8) is 0 Å². The fourth-order valence-electron chi connectivity index (χ4n) is 3.87. The summed E-state index contributed by atoms with van der Waals surface area (Å²) >= 11 is 12.0. The maximum absolute atomic E-state index is 12.9. The van der Waals surface area contributed by atoms with Crippen LogP contribution in [0.25, 0.3) is 0 Å². The Morgan fingerprint density at radius 3 is 2.44 bits per heavy atom. The summed E-state index contributed by atoms with van der Waals surface area (Å²) in [6.45, 7) is 7.62. The molecule has 0 radical (unpaired) electrons. The molecule has 2 fully saturated rings. The van der Waals surface area contributed by atoms with Crippen LogP contribution in [0.3, 0.4) is 0 Å². The van der Waals surface area contributed by atoms with Gasteiger partial charge in [0.1, 0.15) is 0 Å². The standard InChI is InChI=1S/C19H27Cl2N3O/c1-19(7-3-8-22(19)2)18(25)24-12-10-23(11-13-24)9-6-15-4-5-16(20)17(21)14-15/h4-5,14H,3,6-13H2,1-2H3. The fourth-order valence-corrected chi connectivity index (χ4v) is 4.19. The molecule has 0 N–H and O–H groups in total. The van der Waals surface area contributed by atoms with E-state index in [1.54, 1.807) is 0 Å². The van der Waals surface area contributed by atoms with Gasteiger partial charge in [0.05, 0.1) is 15.6 Å². The van der Waals surface area contributed by atoms with Crippen molar-refractivity contribution in [2.24, 2.45) is 0 Å². The molecule has 1 amide bonds. The number of nitrogens with zero attached hydrogens (tertiary/aromatic N) is 3. The molecule has 1 unspecified atom stereocenters. The average Bonchev–Trinajstić information content (AvgIpc) is 2.96. The molecule has 1 aromatic carbocycles. The van der Waals surface area contributed by atoms with Gasteiger partial charge in [-0.05, 0) is 57.5 Å². The first-order chi connectivity index (χ1) is 11.9. The van der Waals surface area contributed by atoms with Crippen LogP contribution in [-0.2, 0) is 11.2 Å². The van der Waals surface area contributed by atoms with E-state index < -0.39 is 0 Å². The number of likely N-dealkylation sites (tertiary alicyclic amines) is 1. The van der Waals surface area contributed by atoms with Gasteiger partial charge in [-0.2, -0.15) is 0 Å². The van der Waals surface area contributed by atoms with Crippen LogP contribution in [0, 0.1) is 0 Å². The molecule has 0 aliphatic carbocycles. The van der Waals surface area contributed by atoms with Gasteiger partial charge >= 0.3 is 0 Å². The van der Waals surface area contributed by atoms with Crippen molar-refractivity contribution in [1.82, 2.24) is 14.7 Å². The molecule has 0 spiro atoms. The van der Waals surface area contributed by atoms with Gasteiger partial charge in [0.25, 0.3) is 0 Å². The molecule has 2 saturated heterocycles. The Morgan fingerprint density at radius 1 is 1.12 bits per heavy atom. The molecule has 4 nitrogen and oxygen atoms in total. The predicted octanol–water partition coefficient (Wildman–Crippen LogP) is 3.16. The number of benzene rings is 1. The van der Waals surface area contributed by atoms with E-state index in [9.17, 15) is 4.79 Å². The highest BCUT2D eigenvalue weighted by molar-refractivity contribution is 6.42. The summed E-state index contributed by atoms with van der Waals surface area (Å²) in [5, 5.41) is 1.21. The first-order valence-corrected chi connectivity index (χ1v) is 9.82. The van der Waals surface area contributed by atoms with Gasteiger partial charge in [-0.15, -0.1) is 0 Å². The number of likely N-dealkylation sites (N-methyl/N-ethyl adjacent to an activating group) is 1. The third kappa shape index (κ3) is 4.13. The van der Waals surface area contributed by atoms with Crippen LogP contribution in [0.1, 0.15) is 25.3 Å². The third-order valence-corrected chi connectivity index (χ3v) is 6.56. The summed E-state index contributed by atoms with van der Waals surface area (Å²) in [4.78, 5) is 19.6. The zero-order valence-corrected chi connectivity index (χ0v) is 16.6. The molecule has 3 rings (SSSR count). The highest BCUT2D eigenvalue weighted by Gasteiger charge is 2.43. The second-order valence-electron chi connectivity index (χ2n) is 7.43. The quantitative estimate of drug-likeness (QED) is 0.798. The number of piperazine rings is 1. The van der Waals surface area contributed by atoms with Gasteiger partial charge < -0.3 is 4.90 Å². The van der Waals surface area contributed by atoms with Gasteiger partial charge in [0.2, 0.25) is 5.91 Å². The Kier molecular flexibility index (Phi) is 5.94. The summed E-state index contributed by atoms with van der Waals surface area (Å²) < 4.78 is 0. The normalized spacial score (nSPS) is 25.5. The van der Waals surface area contributed by atoms with E-state index in [2.05, 4.69) is 28.7 Å². The van der Waals surface area contributed by atoms with Crippen LogP contribution in [-0.4, -0.2) is 72.5 Å². The maximum atomic E-state index is 12.9. The number of carbonyl (C=O) groups is 1. The minimum atomic E-state index is -0.303. The monoisotopic (exact) mass is 383 g/mol. The number of halogens is 2. The minimum Gasteiger partial charge on any atom is -0.339 e. The van der Waals surface area contributed by atoms with E-state index >= 15 is 0 Å². The molecule has 2 aliphatic rings. The lowest BCUT2D eigenvalue weighted by atomic mass is 9.96. The molecule has 0 bridgehead atoms. The first-order valence-electron chi connectivity index (χ1n) is 9.07. The maximum Gasteiger partial charge on any atom is 0.242 e. The molecule has 1 atom stereocenters. The van der Waals surface area contributed by atoms with Crippen LogP contribution in [0.15, 0.2) is 18.2 Å². The van der Waals surface area contributed by atoms with Crippen molar-refractivity contribution in [3.05, 3.63) is 33.8 Å². The number of amides is 1. The van der Waals surface area contributed by atoms with Gasteiger partial charge in [-0.25, -0.2) is 0 Å². The first kappa shape index (κ1) is 19.0. The lowest BCUT2D eigenvalue weighted by molar-refractivity contribution is -0.143. The molecular formula is C19H27Cl2N3O. The Morgan fingerprint density at radius 2 is 1.84 bits per heavy atom. The van der Waals surface area contributed by atoms with Crippen molar-refractivity contribution < 1.29 is 4.79 Å². The van der Waals surface area contributed by atoms with Crippen molar-refractivity contribution in [2.75, 3.05) is 46.3 Å². The smallest absolute Gasteiger partial charge is 0.242 e. The molecule has 0 saturated carbocycles. The SMILES string of the molecule is CN1CCCC1(C)C(=O)N1CCN(CCc2ccc(Cl)c(Cl)c2)CC1. The van der Waals surface area contributed by atoms with E-state index in [4.69, 9.17) is 23.2 Å².